The Morgan fingerprint density at radius 2 is 1.73 bits per heavy atom. The number of anilines is 1. The molecule has 0 aliphatic rings. The topological polar surface area (TPSA) is 75.7 Å². The minimum absolute atomic E-state index is 0.124. The molecular formula is C22H21ClN2O4S. The van der Waals surface area contributed by atoms with Crippen LogP contribution in [0.15, 0.2) is 77.7 Å². The predicted molar refractivity (Wildman–Crippen MR) is 118 cm³/mol. The third-order valence-corrected chi connectivity index (χ3v) is 6.76. The third kappa shape index (κ3) is 4.75. The van der Waals surface area contributed by atoms with E-state index in [1.54, 1.807) is 36.4 Å². The van der Waals surface area contributed by atoms with E-state index >= 15 is 0 Å². The molecule has 8 heteroatoms. The van der Waals surface area contributed by atoms with Crippen LogP contribution in [0.3, 0.4) is 0 Å². The summed E-state index contributed by atoms with van der Waals surface area (Å²) in [5, 5.41) is 3.37. The van der Waals surface area contributed by atoms with Crippen LogP contribution in [0.5, 0.6) is 5.75 Å². The summed E-state index contributed by atoms with van der Waals surface area (Å²) in [5.74, 6) is 0.237. The standard InChI is InChI=1S/C22H21ClN2O4S/c1-25(30(27,28)20-12-10-19(29-2)11-13-20)18-8-5-7-16(14-18)22(26)24-15-17-6-3-4-9-21(17)23/h3-14H,15H2,1-2H3,(H,24,26). The zero-order valence-electron chi connectivity index (χ0n) is 16.5. The van der Waals surface area contributed by atoms with Gasteiger partial charge in [-0.05, 0) is 54.1 Å². The molecule has 1 amide bonds. The summed E-state index contributed by atoms with van der Waals surface area (Å²) in [5.41, 5.74) is 1.51. The van der Waals surface area contributed by atoms with Gasteiger partial charge in [0.25, 0.3) is 15.9 Å². The monoisotopic (exact) mass is 444 g/mol. The first-order valence-electron chi connectivity index (χ1n) is 9.07. The lowest BCUT2D eigenvalue weighted by atomic mass is 10.1. The van der Waals surface area contributed by atoms with Crippen molar-refractivity contribution >= 4 is 33.2 Å². The molecule has 0 radical (unpaired) electrons. The normalized spacial score (nSPS) is 11.0. The van der Waals surface area contributed by atoms with E-state index in [2.05, 4.69) is 5.32 Å². The summed E-state index contributed by atoms with van der Waals surface area (Å²) in [4.78, 5) is 12.7. The van der Waals surface area contributed by atoms with Gasteiger partial charge in [-0.3, -0.25) is 9.10 Å². The number of carbonyl (C=O) groups excluding carboxylic acids is 1. The first kappa shape index (κ1) is 21.7. The summed E-state index contributed by atoms with van der Waals surface area (Å²) >= 11 is 6.12. The Labute approximate surface area is 181 Å². The van der Waals surface area contributed by atoms with E-state index < -0.39 is 10.0 Å². The van der Waals surface area contributed by atoms with Crippen molar-refractivity contribution < 1.29 is 17.9 Å². The second-order valence-corrected chi connectivity index (χ2v) is 8.85. The summed E-state index contributed by atoms with van der Waals surface area (Å²) in [6, 6.07) is 19.8. The number of carbonyl (C=O) groups is 1. The van der Waals surface area contributed by atoms with Crippen molar-refractivity contribution in [3.8, 4) is 5.75 Å². The number of rotatable bonds is 7. The van der Waals surface area contributed by atoms with Crippen molar-refractivity contribution in [1.29, 1.82) is 0 Å². The number of sulfonamides is 1. The van der Waals surface area contributed by atoms with Crippen molar-refractivity contribution in [1.82, 2.24) is 5.32 Å². The second kappa shape index (κ2) is 9.19. The fraction of sp³-hybridized carbons (Fsp3) is 0.136. The minimum atomic E-state index is -3.79. The number of halogens is 1. The van der Waals surface area contributed by atoms with Crippen LogP contribution in [0.25, 0.3) is 0 Å². The quantitative estimate of drug-likeness (QED) is 0.595. The van der Waals surface area contributed by atoms with E-state index in [0.717, 1.165) is 9.87 Å². The lowest BCUT2D eigenvalue weighted by Crippen LogP contribution is -2.27. The highest BCUT2D eigenvalue weighted by Gasteiger charge is 2.22. The van der Waals surface area contributed by atoms with Crippen molar-refractivity contribution in [3.05, 3.63) is 88.9 Å². The summed E-state index contributed by atoms with van der Waals surface area (Å²) in [7, 11) is -0.835. The maximum Gasteiger partial charge on any atom is 0.264 e. The first-order chi connectivity index (χ1) is 14.3. The molecule has 3 rings (SSSR count). The number of ether oxygens (including phenoxy) is 1. The molecule has 0 unspecified atom stereocenters. The average Bonchev–Trinajstić information content (AvgIpc) is 2.78. The van der Waals surface area contributed by atoms with Gasteiger partial charge in [-0.1, -0.05) is 35.9 Å². The van der Waals surface area contributed by atoms with E-state index in [-0.39, 0.29) is 17.3 Å². The molecule has 0 fully saturated rings. The lowest BCUT2D eigenvalue weighted by Gasteiger charge is -2.20. The van der Waals surface area contributed by atoms with Gasteiger partial charge >= 0.3 is 0 Å². The van der Waals surface area contributed by atoms with E-state index in [1.807, 2.05) is 18.2 Å². The van der Waals surface area contributed by atoms with Gasteiger partial charge in [-0.2, -0.15) is 0 Å². The summed E-state index contributed by atoms with van der Waals surface area (Å²) in [6.07, 6.45) is 0. The predicted octanol–water partition coefficient (Wildman–Crippen LogP) is 4.10. The van der Waals surface area contributed by atoms with Crippen molar-refractivity contribution in [2.75, 3.05) is 18.5 Å². The Bertz CT molecular complexity index is 1150. The maximum atomic E-state index is 12.9. The molecule has 3 aromatic carbocycles. The number of nitrogens with one attached hydrogen (secondary N) is 1. The molecule has 30 heavy (non-hydrogen) atoms. The second-order valence-electron chi connectivity index (χ2n) is 6.47. The molecule has 0 saturated heterocycles. The molecule has 1 N–H and O–H groups in total. The molecule has 6 nitrogen and oxygen atoms in total. The molecule has 3 aromatic rings. The molecule has 0 aliphatic heterocycles. The van der Waals surface area contributed by atoms with Crippen molar-refractivity contribution in [2.24, 2.45) is 0 Å². The summed E-state index contributed by atoms with van der Waals surface area (Å²) < 4.78 is 32.1. The molecule has 156 valence electrons. The van der Waals surface area contributed by atoms with Gasteiger partial charge in [-0.25, -0.2) is 8.42 Å². The van der Waals surface area contributed by atoms with Crippen molar-refractivity contribution in [3.63, 3.8) is 0 Å². The molecule has 0 aliphatic carbocycles. The fourth-order valence-electron chi connectivity index (χ4n) is 2.81. The van der Waals surface area contributed by atoms with Crippen LogP contribution < -0.4 is 14.4 Å². The highest BCUT2D eigenvalue weighted by atomic mass is 35.5. The van der Waals surface area contributed by atoms with Crippen LogP contribution in [0.4, 0.5) is 5.69 Å². The molecule has 0 atom stereocenters. The van der Waals surface area contributed by atoms with E-state index in [1.165, 1.54) is 32.4 Å². The number of nitrogens with zero attached hydrogens (tertiary/aromatic N) is 1. The molecule has 0 heterocycles. The van der Waals surface area contributed by atoms with E-state index in [0.29, 0.717) is 22.0 Å². The zero-order chi connectivity index (χ0) is 21.7. The maximum absolute atomic E-state index is 12.9. The van der Waals surface area contributed by atoms with Gasteiger partial charge < -0.3 is 10.1 Å². The van der Waals surface area contributed by atoms with Gasteiger partial charge in [0.15, 0.2) is 0 Å². The van der Waals surface area contributed by atoms with Crippen LogP contribution in [-0.4, -0.2) is 28.5 Å². The highest BCUT2D eigenvalue weighted by Crippen LogP contribution is 2.24. The summed E-state index contributed by atoms with van der Waals surface area (Å²) in [6.45, 7) is 0.267. The smallest absolute Gasteiger partial charge is 0.264 e. The number of hydrogen-bond donors (Lipinski definition) is 1. The van der Waals surface area contributed by atoms with Crippen LogP contribution >= 0.6 is 11.6 Å². The van der Waals surface area contributed by atoms with E-state index in [4.69, 9.17) is 16.3 Å². The molecule has 0 bridgehead atoms. The third-order valence-electron chi connectivity index (χ3n) is 4.59. The van der Waals surface area contributed by atoms with Crippen LogP contribution in [0.2, 0.25) is 5.02 Å². The first-order valence-corrected chi connectivity index (χ1v) is 10.9. The molecule has 0 spiro atoms. The van der Waals surface area contributed by atoms with Crippen molar-refractivity contribution in [2.45, 2.75) is 11.4 Å². The number of benzene rings is 3. The highest BCUT2D eigenvalue weighted by molar-refractivity contribution is 7.92. The van der Waals surface area contributed by atoms with Gasteiger partial charge in [0.05, 0.1) is 17.7 Å². The Balaban J connectivity index is 1.78. The minimum Gasteiger partial charge on any atom is -0.497 e. The molecule has 0 aromatic heterocycles. The lowest BCUT2D eigenvalue weighted by molar-refractivity contribution is 0.0951. The fourth-order valence-corrected chi connectivity index (χ4v) is 4.20. The van der Waals surface area contributed by atoms with Gasteiger partial charge in [0, 0.05) is 24.2 Å². The van der Waals surface area contributed by atoms with Crippen LogP contribution in [-0.2, 0) is 16.6 Å². The van der Waals surface area contributed by atoms with Gasteiger partial charge in [0.1, 0.15) is 5.75 Å². The van der Waals surface area contributed by atoms with Gasteiger partial charge in [0.2, 0.25) is 0 Å². The van der Waals surface area contributed by atoms with Gasteiger partial charge in [-0.15, -0.1) is 0 Å². The molecule has 0 saturated carbocycles. The Morgan fingerprint density at radius 3 is 2.40 bits per heavy atom. The Hall–Kier alpha value is -3.03. The Morgan fingerprint density at radius 1 is 1.03 bits per heavy atom. The molecular weight excluding hydrogens is 424 g/mol. The van der Waals surface area contributed by atoms with Crippen LogP contribution in [0.1, 0.15) is 15.9 Å². The van der Waals surface area contributed by atoms with E-state index in [9.17, 15) is 13.2 Å². The Kier molecular flexibility index (Phi) is 6.64. The number of methoxy groups -OCH3 is 1. The largest absolute Gasteiger partial charge is 0.497 e. The number of hydrogen-bond acceptors (Lipinski definition) is 4. The number of amides is 1. The van der Waals surface area contributed by atoms with Crippen LogP contribution in [0, 0.1) is 0 Å². The SMILES string of the molecule is COc1ccc(S(=O)(=O)N(C)c2cccc(C(=O)NCc3ccccc3Cl)c2)cc1. The average molecular weight is 445 g/mol. The zero-order valence-corrected chi connectivity index (χ0v) is 18.1.